The van der Waals surface area contributed by atoms with E-state index in [1.54, 1.807) is 0 Å². The van der Waals surface area contributed by atoms with E-state index in [1.165, 1.54) is 57.7 Å². The molecule has 1 N–H and O–H groups in total. The summed E-state index contributed by atoms with van der Waals surface area (Å²) in [6, 6.07) is 0. The van der Waals surface area contributed by atoms with E-state index in [9.17, 15) is 0 Å². The Bertz CT molecular complexity index is 182. The molecule has 0 radical (unpaired) electrons. The van der Waals surface area contributed by atoms with Crippen molar-refractivity contribution in [2.75, 3.05) is 59.6 Å². The molecule has 0 aromatic heterocycles. The molecule has 17 heavy (non-hydrogen) atoms. The number of hydrogen-bond donors (Lipinski definition) is 1. The number of thioether (sulfide) groups is 1. The number of rotatable bonds is 8. The van der Waals surface area contributed by atoms with Gasteiger partial charge in [0.25, 0.3) is 0 Å². The minimum atomic E-state index is 0.909. The first-order chi connectivity index (χ1) is 8.18. The molecule has 4 heteroatoms. The summed E-state index contributed by atoms with van der Waals surface area (Å²) in [4.78, 5) is 4.73. The summed E-state index contributed by atoms with van der Waals surface area (Å²) >= 11 is 2.17. The predicted molar refractivity (Wildman–Crippen MR) is 79.0 cm³/mol. The third-order valence-electron chi connectivity index (χ3n) is 3.26. The van der Waals surface area contributed by atoms with Gasteiger partial charge in [-0.15, -0.1) is 0 Å². The van der Waals surface area contributed by atoms with Gasteiger partial charge in [0.1, 0.15) is 0 Å². The number of piperidine rings is 1. The van der Waals surface area contributed by atoms with Crippen LogP contribution in [0.5, 0.6) is 0 Å². The highest BCUT2D eigenvalue weighted by Gasteiger charge is 2.12. The minimum Gasteiger partial charge on any atom is -0.317 e. The maximum Gasteiger partial charge on any atom is 0.00716 e. The van der Waals surface area contributed by atoms with Crippen LogP contribution < -0.4 is 5.32 Å². The van der Waals surface area contributed by atoms with Gasteiger partial charge in [-0.1, -0.05) is 0 Å². The van der Waals surface area contributed by atoms with Gasteiger partial charge >= 0.3 is 0 Å². The molecule has 0 saturated carbocycles. The van der Waals surface area contributed by atoms with Gasteiger partial charge in [-0.05, 0) is 66.6 Å². The van der Waals surface area contributed by atoms with Crippen molar-refractivity contribution in [2.45, 2.75) is 24.5 Å². The summed E-state index contributed by atoms with van der Waals surface area (Å²) < 4.78 is 0. The van der Waals surface area contributed by atoms with Gasteiger partial charge in [0.05, 0.1) is 0 Å². The van der Waals surface area contributed by atoms with Gasteiger partial charge in [-0.2, -0.15) is 11.8 Å². The second kappa shape index (κ2) is 9.20. The summed E-state index contributed by atoms with van der Waals surface area (Å²) in [7, 11) is 6.54. The fourth-order valence-electron chi connectivity index (χ4n) is 2.11. The standard InChI is InChI=1S/C13H29N3S/c1-15(2)9-4-10-16(3)11-12-17-13-5-7-14-8-6-13/h13-14H,4-12H2,1-3H3. The quantitative estimate of drug-likeness (QED) is 0.709. The Morgan fingerprint density at radius 1 is 1.06 bits per heavy atom. The fraction of sp³-hybridized carbons (Fsp3) is 1.00. The molecule has 3 nitrogen and oxygen atoms in total. The van der Waals surface area contributed by atoms with E-state index >= 15 is 0 Å². The molecule has 0 amide bonds. The van der Waals surface area contributed by atoms with Gasteiger partial charge in [0.2, 0.25) is 0 Å². The molecule has 1 aliphatic rings. The molecule has 0 aromatic rings. The van der Waals surface area contributed by atoms with Crippen LogP contribution in [-0.2, 0) is 0 Å². The van der Waals surface area contributed by atoms with Crippen LogP contribution in [-0.4, -0.2) is 74.7 Å². The zero-order valence-electron chi connectivity index (χ0n) is 11.7. The molecule has 102 valence electrons. The van der Waals surface area contributed by atoms with Crippen molar-refractivity contribution in [1.82, 2.24) is 15.1 Å². The van der Waals surface area contributed by atoms with Gasteiger partial charge in [0, 0.05) is 17.5 Å². The lowest BCUT2D eigenvalue weighted by Crippen LogP contribution is -2.30. The fourth-order valence-corrected chi connectivity index (χ4v) is 3.43. The maximum atomic E-state index is 3.42. The average molecular weight is 259 g/mol. The molecule has 1 rings (SSSR count). The molecule has 1 aliphatic heterocycles. The smallest absolute Gasteiger partial charge is 0.00716 e. The van der Waals surface area contributed by atoms with E-state index in [4.69, 9.17) is 0 Å². The number of nitrogens with one attached hydrogen (secondary N) is 1. The lowest BCUT2D eigenvalue weighted by molar-refractivity contribution is 0.313. The number of hydrogen-bond acceptors (Lipinski definition) is 4. The zero-order valence-corrected chi connectivity index (χ0v) is 12.6. The largest absolute Gasteiger partial charge is 0.317 e. The van der Waals surface area contributed by atoms with Crippen molar-refractivity contribution >= 4 is 11.8 Å². The Balaban J connectivity index is 1.93. The van der Waals surface area contributed by atoms with E-state index in [0.717, 1.165) is 5.25 Å². The first-order valence-electron chi connectivity index (χ1n) is 6.84. The van der Waals surface area contributed by atoms with Gasteiger partial charge < -0.3 is 15.1 Å². The summed E-state index contributed by atoms with van der Waals surface area (Å²) in [6.07, 6.45) is 3.99. The van der Waals surface area contributed by atoms with Crippen LogP contribution in [0.15, 0.2) is 0 Å². The monoisotopic (exact) mass is 259 g/mol. The average Bonchev–Trinajstić information content (AvgIpc) is 2.30. The highest BCUT2D eigenvalue weighted by Crippen LogP contribution is 2.19. The minimum absolute atomic E-state index is 0.909. The van der Waals surface area contributed by atoms with Crippen molar-refractivity contribution in [3.8, 4) is 0 Å². The zero-order chi connectivity index (χ0) is 12.5. The lowest BCUT2D eigenvalue weighted by atomic mass is 10.2. The Hall–Kier alpha value is 0.230. The Morgan fingerprint density at radius 2 is 1.76 bits per heavy atom. The first kappa shape index (κ1) is 15.3. The van der Waals surface area contributed by atoms with Crippen molar-refractivity contribution in [3.05, 3.63) is 0 Å². The Morgan fingerprint density at radius 3 is 2.41 bits per heavy atom. The van der Waals surface area contributed by atoms with E-state index in [0.29, 0.717) is 0 Å². The normalized spacial score (nSPS) is 18.2. The van der Waals surface area contributed by atoms with Gasteiger partial charge in [-0.3, -0.25) is 0 Å². The Labute approximate surface area is 111 Å². The van der Waals surface area contributed by atoms with Crippen molar-refractivity contribution < 1.29 is 0 Å². The SMILES string of the molecule is CN(C)CCCN(C)CCSC1CCNCC1. The van der Waals surface area contributed by atoms with Crippen LogP contribution in [0.2, 0.25) is 0 Å². The van der Waals surface area contributed by atoms with Crippen LogP contribution >= 0.6 is 11.8 Å². The van der Waals surface area contributed by atoms with E-state index in [1.807, 2.05) is 0 Å². The summed E-state index contributed by atoms with van der Waals surface area (Å²) in [5, 5.41) is 4.33. The molecule has 0 aromatic carbocycles. The molecule has 1 fully saturated rings. The summed E-state index contributed by atoms with van der Waals surface area (Å²) in [6.45, 7) is 6.10. The van der Waals surface area contributed by atoms with E-state index in [-0.39, 0.29) is 0 Å². The van der Waals surface area contributed by atoms with Crippen molar-refractivity contribution in [1.29, 1.82) is 0 Å². The Kier molecular flexibility index (Phi) is 8.27. The summed E-state index contributed by atoms with van der Waals surface area (Å²) in [5.74, 6) is 1.29. The van der Waals surface area contributed by atoms with Crippen LogP contribution in [0.25, 0.3) is 0 Å². The highest BCUT2D eigenvalue weighted by atomic mass is 32.2. The molecule has 0 aliphatic carbocycles. The van der Waals surface area contributed by atoms with Crippen LogP contribution in [0.1, 0.15) is 19.3 Å². The van der Waals surface area contributed by atoms with Gasteiger partial charge in [-0.25, -0.2) is 0 Å². The molecule has 0 unspecified atom stereocenters. The van der Waals surface area contributed by atoms with Crippen molar-refractivity contribution in [3.63, 3.8) is 0 Å². The second-order valence-corrected chi connectivity index (χ2v) is 6.69. The second-order valence-electron chi connectivity index (χ2n) is 5.28. The maximum absolute atomic E-state index is 3.42. The molecular formula is C13H29N3S. The molecule has 0 atom stereocenters. The molecule has 1 heterocycles. The van der Waals surface area contributed by atoms with Crippen LogP contribution in [0, 0.1) is 0 Å². The lowest BCUT2D eigenvalue weighted by Gasteiger charge is -2.23. The highest BCUT2D eigenvalue weighted by molar-refractivity contribution is 7.99. The molecular weight excluding hydrogens is 230 g/mol. The topological polar surface area (TPSA) is 18.5 Å². The summed E-state index contributed by atoms with van der Waals surface area (Å²) in [5.41, 5.74) is 0. The third kappa shape index (κ3) is 8.03. The molecule has 0 spiro atoms. The van der Waals surface area contributed by atoms with E-state index < -0.39 is 0 Å². The van der Waals surface area contributed by atoms with Crippen molar-refractivity contribution in [2.24, 2.45) is 0 Å². The third-order valence-corrected chi connectivity index (χ3v) is 4.62. The van der Waals surface area contributed by atoms with Crippen LogP contribution in [0.4, 0.5) is 0 Å². The van der Waals surface area contributed by atoms with Gasteiger partial charge in [0.15, 0.2) is 0 Å². The first-order valence-corrected chi connectivity index (χ1v) is 7.89. The molecule has 0 bridgehead atoms. The van der Waals surface area contributed by atoms with E-state index in [2.05, 4.69) is 48.0 Å². The number of nitrogens with zero attached hydrogens (tertiary/aromatic N) is 2. The predicted octanol–water partition coefficient (Wildman–Crippen LogP) is 1.36. The molecule has 1 saturated heterocycles. The van der Waals surface area contributed by atoms with Crippen LogP contribution in [0.3, 0.4) is 0 Å².